The molecule has 1 aromatic heterocycles. The largest absolute Gasteiger partial charge is 0.445 e. The molecule has 2 amide bonds. The van der Waals surface area contributed by atoms with E-state index in [1.165, 1.54) is 0 Å². The van der Waals surface area contributed by atoms with Crippen LogP contribution in [0.2, 0.25) is 0 Å². The van der Waals surface area contributed by atoms with Crippen molar-refractivity contribution in [2.75, 3.05) is 18.5 Å². The van der Waals surface area contributed by atoms with E-state index in [0.29, 0.717) is 45.5 Å². The maximum Gasteiger partial charge on any atom is 0.407 e. The molecule has 0 radical (unpaired) electrons. The van der Waals surface area contributed by atoms with Gasteiger partial charge in [0.25, 0.3) is 5.91 Å². The summed E-state index contributed by atoms with van der Waals surface area (Å²) in [5, 5.41) is 5.43. The van der Waals surface area contributed by atoms with Crippen LogP contribution in [0.4, 0.5) is 10.5 Å². The van der Waals surface area contributed by atoms with Crippen LogP contribution in [0.1, 0.15) is 36.8 Å². The number of ether oxygens (including phenoxy) is 1. The smallest absolute Gasteiger partial charge is 0.407 e. The standard InChI is InChI=1S/C25H24BrN3O5/c1-14-15(2)23(31)18(16(3)22(14)30)13-34-25(33)28-11-9-17-7-8-20(19(26)12-17)29-24(32)21-6-4-5-10-27-21/h4-8,10,12H,9,11,13H2,1-3H3,(H,28,33)(H,29,32). The zero-order valence-corrected chi connectivity index (χ0v) is 20.6. The number of carbonyl (C=O) groups excluding carboxylic acids is 4. The van der Waals surface area contributed by atoms with Gasteiger partial charge >= 0.3 is 6.09 Å². The number of pyridine rings is 1. The minimum absolute atomic E-state index is 0.204. The van der Waals surface area contributed by atoms with Crippen LogP contribution in [0.15, 0.2) is 69.4 Å². The van der Waals surface area contributed by atoms with Crippen molar-refractivity contribution in [2.24, 2.45) is 0 Å². The summed E-state index contributed by atoms with van der Waals surface area (Å²) in [5.74, 6) is -0.799. The summed E-state index contributed by atoms with van der Waals surface area (Å²) >= 11 is 3.45. The number of hydrogen-bond acceptors (Lipinski definition) is 6. The summed E-state index contributed by atoms with van der Waals surface area (Å²) in [6, 6.07) is 10.5. The number of rotatable bonds is 7. The summed E-state index contributed by atoms with van der Waals surface area (Å²) in [5.41, 5.74) is 3.14. The zero-order chi connectivity index (χ0) is 24.8. The molecular weight excluding hydrogens is 502 g/mol. The summed E-state index contributed by atoms with van der Waals surface area (Å²) in [6.45, 7) is 4.81. The molecular formula is C25H24BrN3O5. The van der Waals surface area contributed by atoms with Crippen LogP contribution < -0.4 is 10.6 Å². The molecule has 0 fully saturated rings. The van der Waals surface area contributed by atoms with Crippen molar-refractivity contribution in [2.45, 2.75) is 27.2 Å². The zero-order valence-electron chi connectivity index (χ0n) is 19.0. The summed E-state index contributed by atoms with van der Waals surface area (Å²) < 4.78 is 5.85. The third kappa shape index (κ3) is 5.85. The van der Waals surface area contributed by atoms with Gasteiger partial charge in [0.1, 0.15) is 12.3 Å². The second-order valence-corrected chi connectivity index (χ2v) is 8.60. The van der Waals surface area contributed by atoms with Gasteiger partial charge in [-0.25, -0.2) is 4.79 Å². The molecule has 8 nitrogen and oxygen atoms in total. The third-order valence-electron chi connectivity index (χ3n) is 5.52. The topological polar surface area (TPSA) is 114 Å². The first-order valence-electron chi connectivity index (χ1n) is 10.6. The van der Waals surface area contributed by atoms with Crippen LogP contribution in [-0.2, 0) is 20.7 Å². The molecule has 1 heterocycles. The lowest BCUT2D eigenvalue weighted by atomic mass is 9.86. The fourth-order valence-electron chi connectivity index (χ4n) is 3.33. The number of carbonyl (C=O) groups is 4. The maximum atomic E-state index is 12.4. The molecule has 1 aliphatic carbocycles. The minimum atomic E-state index is -0.678. The molecule has 1 aromatic carbocycles. The molecule has 2 N–H and O–H groups in total. The van der Waals surface area contributed by atoms with Gasteiger partial charge in [-0.15, -0.1) is 0 Å². The van der Waals surface area contributed by atoms with Crippen molar-refractivity contribution in [3.05, 3.63) is 80.6 Å². The Labute approximate surface area is 205 Å². The van der Waals surface area contributed by atoms with Gasteiger partial charge in [0.15, 0.2) is 11.6 Å². The van der Waals surface area contributed by atoms with E-state index in [9.17, 15) is 19.2 Å². The molecule has 0 bridgehead atoms. The number of allylic oxidation sites excluding steroid dienone is 3. The van der Waals surface area contributed by atoms with Crippen molar-refractivity contribution in [1.29, 1.82) is 0 Å². The van der Waals surface area contributed by atoms with E-state index in [1.807, 2.05) is 12.1 Å². The van der Waals surface area contributed by atoms with E-state index in [2.05, 4.69) is 31.5 Å². The lowest BCUT2D eigenvalue weighted by Crippen LogP contribution is -2.29. The molecule has 0 unspecified atom stereocenters. The van der Waals surface area contributed by atoms with Crippen LogP contribution in [0.5, 0.6) is 0 Å². The fraction of sp³-hybridized carbons (Fsp3) is 0.240. The number of benzene rings is 1. The lowest BCUT2D eigenvalue weighted by Gasteiger charge is -2.18. The molecule has 0 spiro atoms. The highest BCUT2D eigenvalue weighted by molar-refractivity contribution is 9.10. The quantitative estimate of drug-likeness (QED) is 0.524. The van der Waals surface area contributed by atoms with Gasteiger partial charge in [0.2, 0.25) is 0 Å². The van der Waals surface area contributed by atoms with Crippen LogP contribution in [-0.4, -0.2) is 41.7 Å². The van der Waals surface area contributed by atoms with E-state index >= 15 is 0 Å². The molecule has 34 heavy (non-hydrogen) atoms. The predicted molar refractivity (Wildman–Crippen MR) is 130 cm³/mol. The maximum absolute atomic E-state index is 12.4. The number of hydrogen-bond donors (Lipinski definition) is 2. The number of nitrogens with zero attached hydrogens (tertiary/aromatic N) is 1. The highest BCUT2D eigenvalue weighted by Crippen LogP contribution is 2.25. The van der Waals surface area contributed by atoms with Crippen molar-refractivity contribution < 1.29 is 23.9 Å². The number of Topliss-reactive ketones (excluding diaryl/α,β-unsaturated/α-hetero) is 2. The average Bonchev–Trinajstić information content (AvgIpc) is 2.83. The minimum Gasteiger partial charge on any atom is -0.445 e. The number of alkyl carbamates (subject to hydrolysis) is 1. The first-order valence-corrected chi connectivity index (χ1v) is 11.4. The van der Waals surface area contributed by atoms with Crippen molar-refractivity contribution in [3.8, 4) is 0 Å². The number of aromatic nitrogens is 1. The molecule has 0 saturated heterocycles. The van der Waals surface area contributed by atoms with Gasteiger partial charge in [0, 0.05) is 39.5 Å². The van der Waals surface area contributed by atoms with E-state index < -0.39 is 6.09 Å². The van der Waals surface area contributed by atoms with Gasteiger partial charge in [-0.05, 0) is 73.0 Å². The Kier molecular flexibility index (Phi) is 8.12. The van der Waals surface area contributed by atoms with Gasteiger partial charge in [-0.2, -0.15) is 0 Å². The van der Waals surface area contributed by atoms with Gasteiger partial charge < -0.3 is 15.4 Å². The summed E-state index contributed by atoms with van der Waals surface area (Å²) in [7, 11) is 0. The number of amides is 2. The Bertz CT molecular complexity index is 1220. The Morgan fingerprint density at radius 1 is 1.00 bits per heavy atom. The highest BCUT2D eigenvalue weighted by Gasteiger charge is 2.28. The molecule has 2 aromatic rings. The first-order chi connectivity index (χ1) is 16.2. The predicted octanol–water partition coefficient (Wildman–Crippen LogP) is 4.17. The van der Waals surface area contributed by atoms with E-state index in [-0.39, 0.29) is 29.7 Å². The SMILES string of the molecule is CC1=C(C)C(=O)C(COC(=O)NCCc2ccc(NC(=O)c3ccccn3)c(Br)c2)=C(C)C1=O. The van der Waals surface area contributed by atoms with Gasteiger partial charge in [-0.3, -0.25) is 19.4 Å². The number of anilines is 1. The summed E-state index contributed by atoms with van der Waals surface area (Å²) in [4.78, 5) is 52.9. The molecule has 0 atom stereocenters. The molecule has 176 valence electrons. The van der Waals surface area contributed by atoms with E-state index in [0.717, 1.165) is 5.56 Å². The Morgan fingerprint density at radius 2 is 1.74 bits per heavy atom. The van der Waals surface area contributed by atoms with Crippen molar-refractivity contribution >= 4 is 45.2 Å². The molecule has 3 rings (SSSR count). The van der Waals surface area contributed by atoms with Crippen molar-refractivity contribution in [1.82, 2.24) is 10.3 Å². The number of nitrogens with one attached hydrogen (secondary N) is 2. The first kappa shape index (κ1) is 25.0. The highest BCUT2D eigenvalue weighted by atomic mass is 79.9. The van der Waals surface area contributed by atoms with Crippen LogP contribution in [0.3, 0.4) is 0 Å². The Balaban J connectivity index is 1.48. The van der Waals surface area contributed by atoms with Crippen LogP contribution in [0, 0.1) is 0 Å². The fourth-order valence-corrected chi connectivity index (χ4v) is 3.85. The van der Waals surface area contributed by atoms with Crippen LogP contribution in [0.25, 0.3) is 0 Å². The van der Waals surface area contributed by atoms with Gasteiger partial charge in [-0.1, -0.05) is 12.1 Å². The Hall–Kier alpha value is -3.59. The van der Waals surface area contributed by atoms with Gasteiger partial charge in [0.05, 0.1) is 5.69 Å². The normalized spacial score (nSPS) is 13.8. The summed E-state index contributed by atoms with van der Waals surface area (Å²) in [6.07, 6.45) is 1.39. The third-order valence-corrected chi connectivity index (χ3v) is 6.18. The van der Waals surface area contributed by atoms with Crippen molar-refractivity contribution in [3.63, 3.8) is 0 Å². The Morgan fingerprint density at radius 3 is 2.41 bits per heavy atom. The lowest BCUT2D eigenvalue weighted by molar-refractivity contribution is -0.116. The van der Waals surface area contributed by atoms with Crippen LogP contribution >= 0.6 is 15.9 Å². The second-order valence-electron chi connectivity index (χ2n) is 7.75. The van der Waals surface area contributed by atoms with E-state index in [4.69, 9.17) is 4.74 Å². The number of ketones is 2. The molecule has 1 aliphatic rings. The second kappa shape index (κ2) is 11.0. The number of halogens is 1. The van der Waals surface area contributed by atoms with E-state index in [1.54, 1.807) is 51.2 Å². The molecule has 0 aliphatic heterocycles. The monoisotopic (exact) mass is 525 g/mol. The average molecular weight is 526 g/mol. The molecule has 0 saturated carbocycles. The molecule has 9 heteroatoms.